The van der Waals surface area contributed by atoms with Crippen LogP contribution in [0.15, 0.2) is 4.99 Å². The Bertz CT molecular complexity index is 268. The van der Waals surface area contributed by atoms with Crippen LogP contribution in [0, 0.1) is 0 Å². The fraction of sp³-hybridized carbons (Fsp3) is 0.875. The predicted octanol–water partition coefficient (Wildman–Crippen LogP) is 2.31. The molecule has 0 bridgehead atoms. The summed E-state index contributed by atoms with van der Waals surface area (Å²) in [7, 11) is 0. The third-order valence-electron chi connectivity index (χ3n) is 2.43. The lowest BCUT2D eigenvalue weighted by atomic mass is 9.85. The molecule has 0 aromatic heterocycles. The summed E-state index contributed by atoms with van der Waals surface area (Å²) in [5.41, 5.74) is -1.79. The van der Waals surface area contributed by atoms with Crippen LogP contribution in [0.4, 0.5) is 0 Å². The molecule has 0 spiro atoms. The summed E-state index contributed by atoms with van der Waals surface area (Å²) in [6, 6.07) is 0. The number of hydrogen-bond donors (Lipinski definition) is 1. The van der Waals surface area contributed by atoms with Crippen LogP contribution in [0.3, 0.4) is 0 Å². The van der Waals surface area contributed by atoms with Crippen molar-refractivity contribution < 1.29 is 9.84 Å². The maximum atomic E-state index is 9.92. The van der Waals surface area contributed by atoms with Gasteiger partial charge in [-0.25, -0.2) is 4.99 Å². The molecule has 1 atom stereocenters. The first-order chi connectivity index (χ1) is 6.06. The number of aliphatic hydroxyl groups is 1. The second-order valence-electron chi connectivity index (χ2n) is 4.04. The van der Waals surface area contributed by atoms with E-state index >= 15 is 0 Å². The molecule has 82 valence electrons. The average molecular weight is 261 g/mol. The van der Waals surface area contributed by atoms with Gasteiger partial charge in [0.25, 0.3) is 3.79 Å². The summed E-state index contributed by atoms with van der Waals surface area (Å²) < 4.78 is 3.42. The summed E-state index contributed by atoms with van der Waals surface area (Å²) in [5, 5.41) is 9.92. The minimum atomic E-state index is -1.67. The number of hydrogen-bond acceptors (Lipinski definition) is 3. The average Bonchev–Trinajstić information content (AvgIpc) is 1.92. The monoisotopic (exact) mass is 259 g/mol. The van der Waals surface area contributed by atoms with Gasteiger partial charge >= 0.3 is 0 Å². The SMILES string of the molecule is CC1(C)N=C(C(Cl)(Cl)Cl)OC[C@]1(C)O. The van der Waals surface area contributed by atoms with Crippen molar-refractivity contribution in [1.29, 1.82) is 0 Å². The quantitative estimate of drug-likeness (QED) is 0.679. The van der Waals surface area contributed by atoms with Crippen LogP contribution in [0.5, 0.6) is 0 Å². The fourth-order valence-corrected chi connectivity index (χ4v) is 1.23. The minimum absolute atomic E-state index is 0.0269. The Balaban J connectivity index is 3.04. The Labute approximate surface area is 98.0 Å². The predicted molar refractivity (Wildman–Crippen MR) is 58.4 cm³/mol. The number of nitrogens with zero attached hydrogens (tertiary/aromatic N) is 1. The molecule has 0 unspecified atom stereocenters. The molecule has 1 rings (SSSR count). The van der Waals surface area contributed by atoms with E-state index < -0.39 is 14.9 Å². The number of halogens is 3. The van der Waals surface area contributed by atoms with Gasteiger partial charge < -0.3 is 9.84 Å². The third kappa shape index (κ3) is 2.27. The van der Waals surface area contributed by atoms with Crippen molar-refractivity contribution in [2.75, 3.05) is 6.61 Å². The standard InChI is InChI=1S/C8H12Cl3NO2/c1-6(2)7(3,13)4-14-5(12-6)8(9,10)11/h13H,4H2,1-3H3/t7-/m0/s1. The normalized spacial score (nSPS) is 32.1. The molecule has 0 saturated heterocycles. The molecule has 0 aromatic rings. The van der Waals surface area contributed by atoms with Gasteiger partial charge in [-0.05, 0) is 20.8 Å². The van der Waals surface area contributed by atoms with E-state index in [9.17, 15) is 5.11 Å². The Hall–Kier alpha value is 0.300. The van der Waals surface area contributed by atoms with Gasteiger partial charge in [-0.1, -0.05) is 34.8 Å². The van der Waals surface area contributed by atoms with Crippen molar-refractivity contribution in [2.24, 2.45) is 4.99 Å². The van der Waals surface area contributed by atoms with Crippen molar-refractivity contribution in [1.82, 2.24) is 0 Å². The van der Waals surface area contributed by atoms with Crippen LogP contribution in [0.25, 0.3) is 0 Å². The highest BCUT2D eigenvalue weighted by atomic mass is 35.6. The molecule has 1 aliphatic rings. The van der Waals surface area contributed by atoms with Crippen molar-refractivity contribution in [3.8, 4) is 0 Å². The van der Waals surface area contributed by atoms with Gasteiger partial charge in [0.1, 0.15) is 12.2 Å². The van der Waals surface area contributed by atoms with Gasteiger partial charge in [-0.2, -0.15) is 0 Å². The Kier molecular flexibility index (Phi) is 3.01. The highest BCUT2D eigenvalue weighted by Gasteiger charge is 2.47. The van der Waals surface area contributed by atoms with E-state index in [2.05, 4.69) is 4.99 Å². The van der Waals surface area contributed by atoms with Crippen LogP contribution < -0.4 is 0 Å². The summed E-state index contributed by atoms with van der Waals surface area (Å²) in [4.78, 5) is 4.09. The van der Waals surface area contributed by atoms with E-state index in [0.717, 1.165) is 0 Å². The largest absolute Gasteiger partial charge is 0.475 e. The topological polar surface area (TPSA) is 41.8 Å². The van der Waals surface area contributed by atoms with Gasteiger partial charge in [0.05, 0.1) is 5.54 Å². The van der Waals surface area contributed by atoms with Gasteiger partial charge in [-0.3, -0.25) is 0 Å². The van der Waals surface area contributed by atoms with Gasteiger partial charge in [0, 0.05) is 0 Å². The molecule has 1 heterocycles. The molecule has 6 heteroatoms. The summed E-state index contributed by atoms with van der Waals surface area (Å²) in [6.45, 7) is 5.20. The first kappa shape index (κ1) is 12.4. The summed E-state index contributed by atoms with van der Waals surface area (Å²) >= 11 is 16.9. The van der Waals surface area contributed by atoms with Crippen LogP contribution in [0.2, 0.25) is 0 Å². The van der Waals surface area contributed by atoms with Crippen molar-refractivity contribution in [2.45, 2.75) is 35.7 Å². The highest BCUT2D eigenvalue weighted by molar-refractivity contribution is 6.76. The number of rotatable bonds is 0. The first-order valence-electron chi connectivity index (χ1n) is 4.08. The summed E-state index contributed by atoms with van der Waals surface area (Å²) in [5.74, 6) is 0.0269. The zero-order valence-corrected chi connectivity index (χ0v) is 10.4. The Morgan fingerprint density at radius 3 is 2.21 bits per heavy atom. The van der Waals surface area contributed by atoms with E-state index in [0.29, 0.717) is 0 Å². The number of alkyl halides is 3. The first-order valence-corrected chi connectivity index (χ1v) is 5.22. The Morgan fingerprint density at radius 2 is 1.86 bits per heavy atom. The molecule has 0 radical (unpaired) electrons. The molecule has 0 fully saturated rings. The van der Waals surface area contributed by atoms with Crippen molar-refractivity contribution in [3.63, 3.8) is 0 Å². The number of ether oxygens (including phenoxy) is 1. The molecule has 0 aliphatic carbocycles. The van der Waals surface area contributed by atoms with Gasteiger partial charge in [0.15, 0.2) is 0 Å². The molecule has 0 amide bonds. The highest BCUT2D eigenvalue weighted by Crippen LogP contribution is 2.36. The molecular formula is C8H12Cl3NO2. The van der Waals surface area contributed by atoms with Gasteiger partial charge in [-0.15, -0.1) is 0 Å². The van der Waals surface area contributed by atoms with Crippen molar-refractivity contribution in [3.05, 3.63) is 0 Å². The lowest BCUT2D eigenvalue weighted by molar-refractivity contribution is -0.0575. The second-order valence-corrected chi connectivity index (χ2v) is 6.32. The summed E-state index contributed by atoms with van der Waals surface area (Å²) in [6.07, 6.45) is 0. The fourth-order valence-electron chi connectivity index (χ4n) is 0.937. The van der Waals surface area contributed by atoms with Crippen molar-refractivity contribution >= 4 is 40.7 Å². The lowest BCUT2D eigenvalue weighted by Gasteiger charge is -2.41. The minimum Gasteiger partial charge on any atom is -0.475 e. The molecule has 3 nitrogen and oxygen atoms in total. The maximum Gasteiger partial charge on any atom is 0.266 e. The third-order valence-corrected chi connectivity index (χ3v) is 2.92. The maximum absolute atomic E-state index is 9.92. The zero-order chi connectivity index (χ0) is 11.2. The lowest BCUT2D eigenvalue weighted by Crippen LogP contribution is -2.55. The van der Waals surface area contributed by atoms with E-state index in [-0.39, 0.29) is 12.5 Å². The molecule has 0 saturated carbocycles. The molecule has 1 N–H and O–H groups in total. The van der Waals surface area contributed by atoms with E-state index in [1.54, 1.807) is 20.8 Å². The molecule has 1 aliphatic heterocycles. The van der Waals surface area contributed by atoms with Crippen LogP contribution in [0.1, 0.15) is 20.8 Å². The molecular weight excluding hydrogens is 248 g/mol. The smallest absolute Gasteiger partial charge is 0.266 e. The zero-order valence-electron chi connectivity index (χ0n) is 8.14. The number of aliphatic imine (C=N–C) groups is 1. The Morgan fingerprint density at radius 1 is 1.36 bits per heavy atom. The van der Waals surface area contributed by atoms with E-state index in [1.165, 1.54) is 0 Å². The molecule has 14 heavy (non-hydrogen) atoms. The molecule has 0 aromatic carbocycles. The van der Waals surface area contributed by atoms with Crippen LogP contribution >= 0.6 is 34.8 Å². The van der Waals surface area contributed by atoms with Crippen LogP contribution in [-0.2, 0) is 4.74 Å². The van der Waals surface area contributed by atoms with E-state index in [4.69, 9.17) is 39.5 Å². The second kappa shape index (κ2) is 3.41. The van der Waals surface area contributed by atoms with Crippen LogP contribution in [-0.4, -0.2) is 32.5 Å². The van der Waals surface area contributed by atoms with Gasteiger partial charge in [0.2, 0.25) is 5.90 Å². The van der Waals surface area contributed by atoms with E-state index in [1.807, 2.05) is 0 Å².